The Labute approximate surface area is 157 Å². The summed E-state index contributed by atoms with van der Waals surface area (Å²) in [6.07, 6.45) is 0. The second-order valence-electron chi connectivity index (χ2n) is 5.55. The largest absolute Gasteiger partial charge is 0.497 e. The van der Waals surface area contributed by atoms with E-state index >= 15 is 0 Å². The fraction of sp³-hybridized carbons (Fsp3) is 0.278. The molecule has 0 aromatic heterocycles. The molecule has 0 spiro atoms. The van der Waals surface area contributed by atoms with Crippen LogP contribution in [0, 0.1) is 5.82 Å². The summed E-state index contributed by atoms with van der Waals surface area (Å²) in [7, 11) is -0.792. The molecule has 27 heavy (non-hydrogen) atoms. The Morgan fingerprint density at radius 3 is 2.26 bits per heavy atom. The van der Waals surface area contributed by atoms with Crippen LogP contribution in [0.3, 0.4) is 0 Å². The molecule has 0 aliphatic heterocycles. The summed E-state index contributed by atoms with van der Waals surface area (Å²) in [6, 6.07) is 8.15. The maximum absolute atomic E-state index is 14.0. The van der Waals surface area contributed by atoms with Gasteiger partial charge in [0.1, 0.15) is 17.3 Å². The predicted octanol–water partition coefficient (Wildman–Crippen LogP) is 2.07. The van der Waals surface area contributed by atoms with Crippen molar-refractivity contribution in [3.8, 4) is 11.5 Å². The first kappa shape index (κ1) is 20.7. The molecule has 0 bridgehead atoms. The molecule has 0 fully saturated rings. The van der Waals surface area contributed by atoms with Crippen LogP contribution in [0.15, 0.2) is 41.3 Å². The zero-order valence-electron chi connectivity index (χ0n) is 15.2. The number of nitrogens with one attached hydrogen (secondary N) is 2. The number of amides is 1. The van der Waals surface area contributed by atoms with Gasteiger partial charge in [-0.1, -0.05) is 6.92 Å². The average Bonchev–Trinajstić information content (AvgIpc) is 2.65. The van der Waals surface area contributed by atoms with Crippen LogP contribution in [0.5, 0.6) is 11.5 Å². The molecule has 1 amide bonds. The van der Waals surface area contributed by atoms with Crippen LogP contribution in [0.2, 0.25) is 0 Å². The zero-order valence-corrected chi connectivity index (χ0v) is 16.0. The van der Waals surface area contributed by atoms with Crippen molar-refractivity contribution < 1.29 is 27.1 Å². The SMILES string of the molecule is CCNS(=O)(=O)c1ccc(F)c(C(=O)NCc2cc(OC)cc(OC)c2)c1. The van der Waals surface area contributed by atoms with Crippen molar-refractivity contribution in [2.75, 3.05) is 20.8 Å². The summed E-state index contributed by atoms with van der Waals surface area (Å²) >= 11 is 0. The standard InChI is InChI=1S/C18H21FN2O5S/c1-4-21-27(23,24)15-5-6-17(19)16(10-15)18(22)20-11-12-7-13(25-2)9-14(8-12)26-3/h5-10,21H,4,11H2,1-3H3,(H,20,22). The average molecular weight is 396 g/mol. The van der Waals surface area contributed by atoms with Crippen LogP contribution in [0.25, 0.3) is 0 Å². The Hall–Kier alpha value is -2.65. The molecule has 0 aliphatic rings. The zero-order chi connectivity index (χ0) is 20.0. The number of hydrogen-bond donors (Lipinski definition) is 2. The van der Waals surface area contributed by atoms with E-state index < -0.39 is 21.7 Å². The normalized spacial score (nSPS) is 11.1. The Bertz CT molecular complexity index is 909. The summed E-state index contributed by atoms with van der Waals surface area (Å²) in [5.74, 6) is -0.457. The number of sulfonamides is 1. The van der Waals surface area contributed by atoms with Gasteiger partial charge in [0, 0.05) is 19.2 Å². The molecule has 2 N–H and O–H groups in total. The maximum atomic E-state index is 14.0. The van der Waals surface area contributed by atoms with Gasteiger partial charge in [-0.15, -0.1) is 0 Å². The highest BCUT2D eigenvalue weighted by atomic mass is 32.2. The molecule has 146 valence electrons. The fourth-order valence-electron chi connectivity index (χ4n) is 2.36. The number of halogens is 1. The van der Waals surface area contributed by atoms with Crippen molar-refractivity contribution in [2.24, 2.45) is 0 Å². The smallest absolute Gasteiger partial charge is 0.254 e. The summed E-state index contributed by atoms with van der Waals surface area (Å²) in [5.41, 5.74) is 0.320. The van der Waals surface area contributed by atoms with Gasteiger partial charge >= 0.3 is 0 Å². The summed E-state index contributed by atoms with van der Waals surface area (Å²) in [6.45, 7) is 1.88. The summed E-state index contributed by atoms with van der Waals surface area (Å²) < 4.78 is 50.7. The predicted molar refractivity (Wildman–Crippen MR) is 98.0 cm³/mol. The van der Waals surface area contributed by atoms with Crippen molar-refractivity contribution >= 4 is 15.9 Å². The molecule has 0 heterocycles. The van der Waals surface area contributed by atoms with E-state index in [0.717, 1.165) is 18.2 Å². The molecule has 0 radical (unpaired) electrons. The van der Waals surface area contributed by atoms with Gasteiger partial charge in [-0.05, 0) is 35.9 Å². The lowest BCUT2D eigenvalue weighted by Crippen LogP contribution is -2.26. The van der Waals surface area contributed by atoms with E-state index in [0.29, 0.717) is 17.1 Å². The van der Waals surface area contributed by atoms with E-state index in [2.05, 4.69) is 10.0 Å². The van der Waals surface area contributed by atoms with Crippen molar-refractivity contribution in [1.82, 2.24) is 10.0 Å². The van der Waals surface area contributed by atoms with E-state index in [1.54, 1.807) is 25.1 Å². The van der Waals surface area contributed by atoms with Crippen LogP contribution >= 0.6 is 0 Å². The van der Waals surface area contributed by atoms with Gasteiger partial charge in [0.25, 0.3) is 5.91 Å². The first-order valence-corrected chi connectivity index (χ1v) is 9.58. The number of hydrogen-bond acceptors (Lipinski definition) is 5. The van der Waals surface area contributed by atoms with E-state index in [9.17, 15) is 17.6 Å². The molecule has 9 heteroatoms. The lowest BCUT2D eigenvalue weighted by atomic mass is 10.1. The Balaban J connectivity index is 2.21. The fourth-order valence-corrected chi connectivity index (χ4v) is 3.43. The molecule has 0 saturated heterocycles. The van der Waals surface area contributed by atoms with Crippen molar-refractivity contribution in [3.63, 3.8) is 0 Å². The highest BCUT2D eigenvalue weighted by Crippen LogP contribution is 2.22. The summed E-state index contributed by atoms with van der Waals surface area (Å²) in [5, 5.41) is 2.56. The first-order valence-electron chi connectivity index (χ1n) is 8.10. The number of benzene rings is 2. The van der Waals surface area contributed by atoms with E-state index in [4.69, 9.17) is 9.47 Å². The third-order valence-corrected chi connectivity index (χ3v) is 5.23. The Morgan fingerprint density at radius 1 is 1.07 bits per heavy atom. The maximum Gasteiger partial charge on any atom is 0.254 e. The number of ether oxygens (including phenoxy) is 2. The minimum atomic E-state index is -3.80. The van der Waals surface area contributed by atoms with Gasteiger partial charge in [0.15, 0.2) is 0 Å². The van der Waals surface area contributed by atoms with Gasteiger partial charge in [-0.2, -0.15) is 0 Å². The molecular weight excluding hydrogens is 375 g/mol. The van der Waals surface area contributed by atoms with Gasteiger partial charge in [-0.3, -0.25) is 4.79 Å². The van der Waals surface area contributed by atoms with Gasteiger partial charge < -0.3 is 14.8 Å². The lowest BCUT2D eigenvalue weighted by molar-refractivity contribution is 0.0946. The first-order chi connectivity index (χ1) is 12.8. The van der Waals surface area contributed by atoms with Crippen LogP contribution < -0.4 is 19.5 Å². The minimum Gasteiger partial charge on any atom is -0.497 e. The summed E-state index contributed by atoms with van der Waals surface area (Å²) in [4.78, 5) is 12.2. The quantitative estimate of drug-likeness (QED) is 0.713. The van der Waals surface area contributed by atoms with Crippen molar-refractivity contribution in [3.05, 3.63) is 53.3 Å². The molecule has 7 nitrogen and oxygen atoms in total. The Kier molecular flexibility index (Phi) is 6.75. The van der Waals surface area contributed by atoms with Crippen LogP contribution in [0.4, 0.5) is 4.39 Å². The van der Waals surface area contributed by atoms with Gasteiger partial charge in [0.2, 0.25) is 10.0 Å². The van der Waals surface area contributed by atoms with Gasteiger partial charge in [-0.25, -0.2) is 17.5 Å². The molecule has 0 unspecified atom stereocenters. The molecule has 2 aromatic carbocycles. The highest BCUT2D eigenvalue weighted by molar-refractivity contribution is 7.89. The van der Waals surface area contributed by atoms with Crippen LogP contribution in [-0.4, -0.2) is 35.1 Å². The third-order valence-electron chi connectivity index (χ3n) is 3.69. The Morgan fingerprint density at radius 2 is 1.70 bits per heavy atom. The number of carbonyl (C=O) groups excluding carboxylic acids is 1. The van der Waals surface area contributed by atoms with Gasteiger partial charge in [0.05, 0.1) is 24.7 Å². The van der Waals surface area contributed by atoms with Crippen LogP contribution in [-0.2, 0) is 16.6 Å². The highest BCUT2D eigenvalue weighted by Gasteiger charge is 2.19. The van der Waals surface area contributed by atoms with E-state index in [-0.39, 0.29) is 23.5 Å². The van der Waals surface area contributed by atoms with Crippen molar-refractivity contribution in [2.45, 2.75) is 18.4 Å². The van der Waals surface area contributed by atoms with Crippen molar-refractivity contribution in [1.29, 1.82) is 0 Å². The lowest BCUT2D eigenvalue weighted by Gasteiger charge is -2.11. The van der Waals surface area contributed by atoms with E-state index in [1.807, 2.05) is 0 Å². The second kappa shape index (κ2) is 8.83. The third kappa shape index (κ3) is 5.18. The number of carbonyl (C=O) groups is 1. The minimum absolute atomic E-state index is 0.0794. The molecule has 2 aromatic rings. The molecule has 2 rings (SSSR count). The van der Waals surface area contributed by atoms with Crippen LogP contribution in [0.1, 0.15) is 22.8 Å². The number of methoxy groups -OCH3 is 2. The second-order valence-corrected chi connectivity index (χ2v) is 7.31. The molecule has 0 saturated carbocycles. The molecule has 0 aliphatic carbocycles. The molecular formula is C18H21FN2O5S. The molecule has 0 atom stereocenters. The van der Waals surface area contributed by atoms with E-state index in [1.165, 1.54) is 14.2 Å². The topological polar surface area (TPSA) is 93.7 Å². The monoisotopic (exact) mass is 396 g/mol. The number of rotatable bonds is 8.